The van der Waals surface area contributed by atoms with Gasteiger partial charge in [0.15, 0.2) is 5.58 Å². The summed E-state index contributed by atoms with van der Waals surface area (Å²) in [6.07, 6.45) is 0. The molecule has 0 unspecified atom stereocenters. The number of carboxylic acid groups (broad SMARTS) is 1. The lowest BCUT2D eigenvalue weighted by Gasteiger charge is -1.82. The van der Waals surface area contributed by atoms with Crippen molar-refractivity contribution in [3.05, 3.63) is 23.8 Å². The van der Waals surface area contributed by atoms with Crippen molar-refractivity contribution in [1.82, 2.24) is 4.98 Å². The molecule has 0 saturated heterocycles. The minimum Gasteiger partial charge on any atom is -0.477 e. The minimum absolute atomic E-state index is 0.0104. The number of aromatic amines is 1. The van der Waals surface area contributed by atoms with E-state index >= 15 is 0 Å². The first kappa shape index (κ1) is 6.90. The summed E-state index contributed by atoms with van der Waals surface area (Å²) in [5.41, 5.74) is 0.554. The fourth-order valence-corrected chi connectivity index (χ4v) is 1.01. The number of carbonyl (C=O) groups is 1. The number of rotatable bonds is 1. The van der Waals surface area contributed by atoms with Gasteiger partial charge in [0, 0.05) is 12.1 Å². The van der Waals surface area contributed by atoms with Crippen LogP contribution in [0.15, 0.2) is 16.5 Å². The molecule has 0 atom stereocenters. The lowest BCUT2D eigenvalue weighted by molar-refractivity contribution is 0.0691. The summed E-state index contributed by atoms with van der Waals surface area (Å²) in [6.45, 7) is 0. The molecular weight excluding hydrogens is 165 g/mol. The number of hydrogen-bond acceptors (Lipinski definition) is 2. The number of aromatic nitrogens is 1. The highest BCUT2D eigenvalue weighted by Crippen LogP contribution is 2.18. The van der Waals surface area contributed by atoms with Gasteiger partial charge in [0.1, 0.15) is 5.69 Å². The van der Waals surface area contributed by atoms with Crippen LogP contribution in [0.25, 0.3) is 11.1 Å². The van der Waals surface area contributed by atoms with E-state index in [-0.39, 0.29) is 11.3 Å². The molecule has 62 valence electrons. The first-order valence-corrected chi connectivity index (χ1v) is 3.18. The Kier molecular flexibility index (Phi) is 1.21. The molecule has 2 rings (SSSR count). The summed E-state index contributed by atoms with van der Waals surface area (Å²) in [5.74, 6) is -1.10. The Morgan fingerprint density at radius 1 is 1.58 bits per heavy atom. The quantitative estimate of drug-likeness (QED) is 0.681. The number of fused-ring (bicyclic) bond motifs is 1. The van der Waals surface area contributed by atoms with Gasteiger partial charge in [0.25, 0.3) is 6.01 Å². The van der Waals surface area contributed by atoms with Crippen molar-refractivity contribution in [3.63, 3.8) is 0 Å². The van der Waals surface area contributed by atoms with Gasteiger partial charge < -0.3 is 14.5 Å². The van der Waals surface area contributed by atoms with Crippen molar-refractivity contribution >= 4 is 17.1 Å². The third-order valence-corrected chi connectivity index (χ3v) is 1.51. The molecule has 0 aromatic carbocycles. The number of halogens is 1. The van der Waals surface area contributed by atoms with Gasteiger partial charge >= 0.3 is 5.97 Å². The highest BCUT2D eigenvalue weighted by atomic mass is 19.1. The number of aromatic carboxylic acids is 1. The number of H-pyrrole nitrogens is 1. The maximum atomic E-state index is 12.4. The van der Waals surface area contributed by atoms with E-state index < -0.39 is 12.0 Å². The van der Waals surface area contributed by atoms with E-state index in [2.05, 4.69) is 9.40 Å². The van der Waals surface area contributed by atoms with Gasteiger partial charge in [-0.15, -0.1) is 0 Å². The largest absolute Gasteiger partial charge is 0.477 e. The second-order valence-corrected chi connectivity index (χ2v) is 2.32. The number of nitrogens with one attached hydrogen (secondary N) is 1. The number of furan rings is 1. The summed E-state index contributed by atoms with van der Waals surface area (Å²) in [5, 5.41) is 8.51. The molecule has 2 heterocycles. The molecule has 4 nitrogen and oxygen atoms in total. The molecule has 0 spiro atoms. The van der Waals surface area contributed by atoms with Crippen molar-refractivity contribution in [3.8, 4) is 0 Å². The summed E-state index contributed by atoms with van der Waals surface area (Å²) < 4.78 is 16.9. The Hall–Kier alpha value is -1.78. The van der Waals surface area contributed by atoms with Gasteiger partial charge in [-0.25, -0.2) is 4.79 Å². The molecule has 0 bridgehead atoms. The molecule has 0 amide bonds. The van der Waals surface area contributed by atoms with Gasteiger partial charge in [0.05, 0.1) is 5.52 Å². The first-order valence-electron chi connectivity index (χ1n) is 3.18. The third kappa shape index (κ3) is 0.868. The summed E-state index contributed by atoms with van der Waals surface area (Å²) >= 11 is 0. The predicted octanol–water partition coefficient (Wildman–Crippen LogP) is 1.60. The Labute approximate surface area is 65.6 Å². The zero-order valence-electron chi connectivity index (χ0n) is 5.80. The van der Waals surface area contributed by atoms with Gasteiger partial charge in [-0.05, 0) is 0 Å². The predicted molar refractivity (Wildman–Crippen MR) is 37.5 cm³/mol. The van der Waals surface area contributed by atoms with Crippen LogP contribution in [0.1, 0.15) is 10.5 Å². The van der Waals surface area contributed by atoms with E-state index in [1.165, 1.54) is 6.07 Å². The fraction of sp³-hybridized carbons (Fsp3) is 0. The number of hydrogen-bond donors (Lipinski definition) is 2. The van der Waals surface area contributed by atoms with E-state index in [1.807, 2.05) is 0 Å². The maximum Gasteiger partial charge on any atom is 0.352 e. The summed E-state index contributed by atoms with van der Waals surface area (Å²) in [4.78, 5) is 12.9. The molecule has 0 aliphatic heterocycles. The SMILES string of the molecule is O=C(O)c1cc2oc(F)cc2[nH]1. The average molecular weight is 169 g/mol. The van der Waals surface area contributed by atoms with Crippen LogP contribution in [0.5, 0.6) is 0 Å². The maximum absolute atomic E-state index is 12.4. The molecule has 2 N–H and O–H groups in total. The van der Waals surface area contributed by atoms with Gasteiger partial charge in [-0.1, -0.05) is 0 Å². The molecule has 0 radical (unpaired) electrons. The zero-order chi connectivity index (χ0) is 8.72. The molecule has 12 heavy (non-hydrogen) atoms. The topological polar surface area (TPSA) is 66.2 Å². The standard InChI is InChI=1S/C7H4FNO3/c8-6-2-3-5(12-6)1-4(9-3)7(10)11/h1-2,9H,(H,10,11). The zero-order valence-corrected chi connectivity index (χ0v) is 5.80. The Balaban J connectivity index is 2.64. The summed E-state index contributed by atoms with van der Waals surface area (Å²) in [7, 11) is 0. The van der Waals surface area contributed by atoms with E-state index in [0.717, 1.165) is 6.07 Å². The van der Waals surface area contributed by atoms with Crippen LogP contribution in [-0.2, 0) is 0 Å². The monoisotopic (exact) mass is 169 g/mol. The van der Waals surface area contributed by atoms with E-state index in [0.29, 0.717) is 5.52 Å². The molecule has 0 saturated carbocycles. The van der Waals surface area contributed by atoms with E-state index in [1.54, 1.807) is 0 Å². The second-order valence-electron chi connectivity index (χ2n) is 2.32. The third-order valence-electron chi connectivity index (χ3n) is 1.51. The molecule has 5 heteroatoms. The van der Waals surface area contributed by atoms with Crippen molar-refractivity contribution in [1.29, 1.82) is 0 Å². The van der Waals surface area contributed by atoms with Crippen molar-refractivity contribution in [2.24, 2.45) is 0 Å². The normalized spacial score (nSPS) is 10.8. The molecule has 0 aliphatic rings. The van der Waals surface area contributed by atoms with Crippen molar-refractivity contribution in [2.45, 2.75) is 0 Å². The van der Waals surface area contributed by atoms with Crippen LogP contribution in [0.2, 0.25) is 0 Å². The van der Waals surface area contributed by atoms with Crippen LogP contribution in [-0.4, -0.2) is 16.1 Å². The van der Waals surface area contributed by atoms with Gasteiger partial charge in [0.2, 0.25) is 0 Å². The van der Waals surface area contributed by atoms with Crippen LogP contribution < -0.4 is 0 Å². The van der Waals surface area contributed by atoms with E-state index in [4.69, 9.17) is 5.11 Å². The highest BCUT2D eigenvalue weighted by Gasteiger charge is 2.10. The van der Waals surface area contributed by atoms with Crippen LogP contribution in [0.4, 0.5) is 4.39 Å². The molecular formula is C7H4FNO3. The average Bonchev–Trinajstić information content (AvgIpc) is 2.42. The smallest absolute Gasteiger partial charge is 0.352 e. The van der Waals surface area contributed by atoms with Crippen LogP contribution in [0.3, 0.4) is 0 Å². The van der Waals surface area contributed by atoms with Crippen molar-refractivity contribution in [2.75, 3.05) is 0 Å². The lowest BCUT2D eigenvalue weighted by Crippen LogP contribution is -1.94. The fourth-order valence-electron chi connectivity index (χ4n) is 1.01. The van der Waals surface area contributed by atoms with Gasteiger partial charge in [-0.2, -0.15) is 4.39 Å². The molecule has 0 aliphatic carbocycles. The minimum atomic E-state index is -1.10. The Morgan fingerprint density at radius 3 is 2.92 bits per heavy atom. The Morgan fingerprint density at radius 2 is 2.33 bits per heavy atom. The van der Waals surface area contributed by atoms with Gasteiger partial charge in [-0.3, -0.25) is 0 Å². The molecule has 2 aromatic rings. The summed E-state index contributed by atoms with van der Waals surface area (Å²) in [6, 6.07) is 1.61. The van der Waals surface area contributed by atoms with Crippen LogP contribution in [0, 0.1) is 6.01 Å². The van der Waals surface area contributed by atoms with E-state index in [9.17, 15) is 9.18 Å². The van der Waals surface area contributed by atoms with Crippen molar-refractivity contribution < 1.29 is 18.7 Å². The molecule has 2 aromatic heterocycles. The Bertz CT molecular complexity index is 411. The van der Waals surface area contributed by atoms with Crippen LogP contribution >= 0.6 is 0 Å². The second kappa shape index (κ2) is 2.10. The highest BCUT2D eigenvalue weighted by molar-refractivity contribution is 5.91. The number of carboxylic acids is 1. The molecule has 0 fully saturated rings. The lowest BCUT2D eigenvalue weighted by atomic mass is 10.4. The first-order chi connectivity index (χ1) is 5.66.